The van der Waals surface area contributed by atoms with Crippen LogP contribution in [0, 0.1) is 13.8 Å². The molecule has 0 aliphatic heterocycles. The zero-order chi connectivity index (χ0) is 27.6. The standard InChI is InChI=1S/C30H25F3N4OS/c1-19-14-15-26(20(2)16-19)37-27(17-22-10-7-9-21-8-3-4-11-23(21)22)35-36-29(37)39-18-28(38)34-25-13-6-5-12-24(25)30(31,32)33/h3-16H,17-18H2,1-2H3,(H,34,38). The molecule has 198 valence electrons. The number of halogens is 3. The summed E-state index contributed by atoms with van der Waals surface area (Å²) in [4.78, 5) is 12.7. The minimum Gasteiger partial charge on any atom is -0.325 e. The highest BCUT2D eigenvalue weighted by atomic mass is 32.2. The number of aromatic nitrogens is 3. The van der Waals surface area contributed by atoms with E-state index in [-0.39, 0.29) is 11.4 Å². The first kappa shape index (κ1) is 26.5. The van der Waals surface area contributed by atoms with Crippen LogP contribution < -0.4 is 5.32 Å². The summed E-state index contributed by atoms with van der Waals surface area (Å²) in [7, 11) is 0. The highest BCUT2D eigenvalue weighted by Crippen LogP contribution is 2.35. The van der Waals surface area contributed by atoms with Crippen LogP contribution in [-0.2, 0) is 17.4 Å². The summed E-state index contributed by atoms with van der Waals surface area (Å²) in [5.74, 6) is -0.00476. The molecular formula is C30H25F3N4OS. The Morgan fingerprint density at radius 3 is 2.46 bits per heavy atom. The summed E-state index contributed by atoms with van der Waals surface area (Å²) in [5, 5.41) is 14.0. The molecule has 1 amide bonds. The maximum absolute atomic E-state index is 13.4. The highest BCUT2D eigenvalue weighted by Gasteiger charge is 2.33. The molecule has 4 aromatic carbocycles. The minimum atomic E-state index is -4.57. The number of thioether (sulfide) groups is 1. The molecule has 1 heterocycles. The van der Waals surface area contributed by atoms with Crippen LogP contribution in [-0.4, -0.2) is 26.4 Å². The van der Waals surface area contributed by atoms with Gasteiger partial charge in [0, 0.05) is 6.42 Å². The maximum atomic E-state index is 13.4. The van der Waals surface area contributed by atoms with E-state index in [1.165, 1.54) is 18.2 Å². The van der Waals surface area contributed by atoms with Crippen LogP contribution in [0.25, 0.3) is 16.5 Å². The van der Waals surface area contributed by atoms with Crippen LogP contribution in [0.4, 0.5) is 18.9 Å². The molecule has 5 rings (SSSR count). The molecule has 0 bridgehead atoms. The summed E-state index contributed by atoms with van der Waals surface area (Å²) < 4.78 is 42.0. The van der Waals surface area contributed by atoms with Crippen molar-refractivity contribution in [1.29, 1.82) is 0 Å². The van der Waals surface area contributed by atoms with Crippen LogP contribution in [0.3, 0.4) is 0 Å². The lowest BCUT2D eigenvalue weighted by molar-refractivity contribution is -0.137. The van der Waals surface area contributed by atoms with E-state index in [2.05, 4.69) is 45.8 Å². The quantitative estimate of drug-likeness (QED) is 0.217. The van der Waals surface area contributed by atoms with E-state index >= 15 is 0 Å². The third kappa shape index (κ3) is 5.83. The fourth-order valence-electron chi connectivity index (χ4n) is 4.58. The van der Waals surface area contributed by atoms with Crippen molar-refractivity contribution in [3.8, 4) is 5.69 Å². The Morgan fingerprint density at radius 1 is 0.923 bits per heavy atom. The van der Waals surface area contributed by atoms with Gasteiger partial charge in [-0.1, -0.05) is 84.1 Å². The van der Waals surface area contributed by atoms with Gasteiger partial charge in [-0.2, -0.15) is 13.2 Å². The molecule has 0 atom stereocenters. The van der Waals surface area contributed by atoms with Gasteiger partial charge in [0.2, 0.25) is 5.91 Å². The highest BCUT2D eigenvalue weighted by molar-refractivity contribution is 7.99. The number of amides is 1. The summed E-state index contributed by atoms with van der Waals surface area (Å²) in [6, 6.07) is 25.2. The number of para-hydroxylation sites is 1. The lowest BCUT2D eigenvalue weighted by Crippen LogP contribution is -2.18. The topological polar surface area (TPSA) is 59.8 Å². The summed E-state index contributed by atoms with van der Waals surface area (Å²) in [5.41, 5.74) is 2.93. The van der Waals surface area contributed by atoms with Crippen molar-refractivity contribution in [3.05, 3.63) is 113 Å². The lowest BCUT2D eigenvalue weighted by atomic mass is 10.0. The van der Waals surface area contributed by atoms with E-state index in [0.717, 1.165) is 51.0 Å². The first-order valence-electron chi connectivity index (χ1n) is 12.3. The molecule has 0 radical (unpaired) electrons. The number of fused-ring (bicyclic) bond motifs is 1. The van der Waals surface area contributed by atoms with Gasteiger partial charge in [0.15, 0.2) is 5.16 Å². The molecule has 0 spiro atoms. The maximum Gasteiger partial charge on any atom is 0.418 e. The smallest absolute Gasteiger partial charge is 0.325 e. The van der Waals surface area contributed by atoms with Gasteiger partial charge >= 0.3 is 6.18 Å². The van der Waals surface area contributed by atoms with Gasteiger partial charge in [-0.25, -0.2) is 0 Å². The number of anilines is 1. The van der Waals surface area contributed by atoms with Crippen LogP contribution in [0.1, 0.15) is 28.1 Å². The normalized spacial score (nSPS) is 11.6. The Kier molecular flexibility index (Phi) is 7.43. The van der Waals surface area contributed by atoms with Crippen molar-refractivity contribution < 1.29 is 18.0 Å². The van der Waals surface area contributed by atoms with Crippen LogP contribution in [0.15, 0.2) is 90.1 Å². The van der Waals surface area contributed by atoms with Crippen LogP contribution >= 0.6 is 11.8 Å². The average Bonchev–Trinajstić information content (AvgIpc) is 3.29. The van der Waals surface area contributed by atoms with Crippen molar-refractivity contribution in [2.24, 2.45) is 0 Å². The fourth-order valence-corrected chi connectivity index (χ4v) is 5.34. The van der Waals surface area contributed by atoms with E-state index in [9.17, 15) is 18.0 Å². The molecular weight excluding hydrogens is 521 g/mol. The van der Waals surface area contributed by atoms with E-state index in [4.69, 9.17) is 0 Å². The number of carbonyl (C=O) groups is 1. The summed E-state index contributed by atoms with van der Waals surface area (Å²) >= 11 is 1.13. The number of nitrogens with zero attached hydrogens (tertiary/aromatic N) is 3. The molecule has 0 aliphatic carbocycles. The lowest BCUT2D eigenvalue weighted by Gasteiger charge is -2.15. The molecule has 1 aromatic heterocycles. The fraction of sp³-hybridized carbons (Fsp3) is 0.167. The Labute approximate surface area is 228 Å². The first-order chi connectivity index (χ1) is 18.7. The predicted molar refractivity (Wildman–Crippen MR) is 148 cm³/mol. The molecule has 5 nitrogen and oxygen atoms in total. The number of rotatable bonds is 7. The number of aryl methyl sites for hydroxylation is 2. The molecule has 5 aromatic rings. The van der Waals surface area contributed by atoms with E-state index < -0.39 is 17.6 Å². The van der Waals surface area contributed by atoms with Gasteiger partial charge in [-0.15, -0.1) is 10.2 Å². The molecule has 39 heavy (non-hydrogen) atoms. The second kappa shape index (κ2) is 10.9. The number of alkyl halides is 3. The Balaban J connectivity index is 1.45. The second-order valence-corrected chi connectivity index (χ2v) is 10.2. The van der Waals surface area contributed by atoms with Gasteiger partial charge in [-0.3, -0.25) is 9.36 Å². The SMILES string of the molecule is Cc1ccc(-n2c(Cc3cccc4ccccc34)nnc2SCC(=O)Nc2ccccc2C(F)(F)F)c(C)c1. The molecule has 0 aliphatic rings. The Hall–Kier alpha value is -4.11. The van der Waals surface area contributed by atoms with Gasteiger partial charge in [0.25, 0.3) is 0 Å². The van der Waals surface area contributed by atoms with Gasteiger partial charge in [0.1, 0.15) is 5.82 Å². The number of carbonyl (C=O) groups excluding carboxylic acids is 1. The van der Waals surface area contributed by atoms with Crippen molar-refractivity contribution in [3.63, 3.8) is 0 Å². The monoisotopic (exact) mass is 546 g/mol. The first-order valence-corrected chi connectivity index (χ1v) is 13.3. The number of hydrogen-bond acceptors (Lipinski definition) is 4. The van der Waals surface area contributed by atoms with E-state index in [1.54, 1.807) is 0 Å². The van der Waals surface area contributed by atoms with Crippen molar-refractivity contribution in [2.75, 3.05) is 11.1 Å². The van der Waals surface area contributed by atoms with Crippen molar-refractivity contribution in [1.82, 2.24) is 14.8 Å². The van der Waals surface area contributed by atoms with Gasteiger partial charge in [-0.05, 0) is 53.9 Å². The van der Waals surface area contributed by atoms with Crippen LogP contribution in [0.2, 0.25) is 0 Å². The molecule has 0 saturated heterocycles. The van der Waals surface area contributed by atoms with Crippen molar-refractivity contribution >= 4 is 34.1 Å². The number of benzene rings is 4. The number of hydrogen-bond donors (Lipinski definition) is 1. The summed E-state index contributed by atoms with van der Waals surface area (Å²) in [6.07, 6.45) is -4.07. The minimum absolute atomic E-state index is 0.135. The molecule has 0 fully saturated rings. The third-order valence-corrected chi connectivity index (χ3v) is 7.29. The molecule has 1 N–H and O–H groups in total. The van der Waals surface area contributed by atoms with Gasteiger partial charge in [0.05, 0.1) is 22.7 Å². The average molecular weight is 547 g/mol. The summed E-state index contributed by atoms with van der Waals surface area (Å²) in [6.45, 7) is 4.01. The van der Waals surface area contributed by atoms with E-state index in [1.807, 2.05) is 48.7 Å². The predicted octanol–water partition coefficient (Wildman–Crippen LogP) is 7.38. The second-order valence-electron chi connectivity index (χ2n) is 9.22. The largest absolute Gasteiger partial charge is 0.418 e. The molecule has 9 heteroatoms. The third-order valence-electron chi connectivity index (χ3n) is 6.36. The number of nitrogens with one attached hydrogen (secondary N) is 1. The Bertz CT molecular complexity index is 1660. The van der Waals surface area contributed by atoms with Crippen LogP contribution in [0.5, 0.6) is 0 Å². The van der Waals surface area contributed by atoms with E-state index in [0.29, 0.717) is 17.4 Å². The van der Waals surface area contributed by atoms with Crippen molar-refractivity contribution in [2.45, 2.75) is 31.6 Å². The molecule has 0 saturated carbocycles. The zero-order valence-corrected chi connectivity index (χ0v) is 22.1. The molecule has 0 unspecified atom stereocenters. The Morgan fingerprint density at radius 2 is 1.67 bits per heavy atom. The zero-order valence-electron chi connectivity index (χ0n) is 21.3. The van der Waals surface area contributed by atoms with Gasteiger partial charge < -0.3 is 5.32 Å².